The van der Waals surface area contributed by atoms with Crippen LogP contribution in [-0.4, -0.2) is 31.7 Å². The van der Waals surface area contributed by atoms with Gasteiger partial charge < -0.3 is 5.32 Å². The zero-order valence-corrected chi connectivity index (χ0v) is 17.3. The largest absolute Gasteiger partial charge is 0.312 e. The van der Waals surface area contributed by atoms with E-state index >= 15 is 0 Å². The number of rotatable bonds is 3. The van der Waals surface area contributed by atoms with Crippen LogP contribution in [0.1, 0.15) is 16.7 Å². The van der Waals surface area contributed by atoms with E-state index in [9.17, 15) is 0 Å². The van der Waals surface area contributed by atoms with E-state index in [1.54, 1.807) is 0 Å². The van der Waals surface area contributed by atoms with Crippen molar-refractivity contribution >= 4 is 10.9 Å². The SMILES string of the molecule is Cc1ccccc1-c1ccc2[nH]nc(-c3cn(-c4ccc5c(c4)CNCC5)nn3)c2c1. The lowest BCUT2D eigenvalue weighted by Gasteiger charge is -2.17. The van der Waals surface area contributed by atoms with Crippen LogP contribution in [0.5, 0.6) is 0 Å². The normalized spacial score (nSPS) is 13.5. The molecule has 0 spiro atoms. The van der Waals surface area contributed by atoms with E-state index in [4.69, 9.17) is 0 Å². The Balaban J connectivity index is 1.40. The maximum Gasteiger partial charge on any atom is 0.134 e. The van der Waals surface area contributed by atoms with E-state index in [-0.39, 0.29) is 0 Å². The molecule has 152 valence electrons. The molecule has 2 N–H and O–H groups in total. The first-order valence-electron chi connectivity index (χ1n) is 10.6. The molecule has 6 rings (SSSR count). The molecule has 3 heterocycles. The second kappa shape index (κ2) is 7.18. The van der Waals surface area contributed by atoms with Gasteiger partial charge in [-0.3, -0.25) is 5.10 Å². The van der Waals surface area contributed by atoms with Crippen LogP contribution in [0.15, 0.2) is 66.9 Å². The second-order valence-electron chi connectivity index (χ2n) is 8.08. The molecule has 2 aromatic heterocycles. The van der Waals surface area contributed by atoms with Crippen molar-refractivity contribution in [3.63, 3.8) is 0 Å². The summed E-state index contributed by atoms with van der Waals surface area (Å²) in [6.07, 6.45) is 3.02. The van der Waals surface area contributed by atoms with Crippen LogP contribution in [0.4, 0.5) is 0 Å². The van der Waals surface area contributed by atoms with Gasteiger partial charge in [0, 0.05) is 11.9 Å². The van der Waals surface area contributed by atoms with Crippen molar-refractivity contribution in [1.82, 2.24) is 30.5 Å². The summed E-state index contributed by atoms with van der Waals surface area (Å²) < 4.78 is 1.83. The van der Waals surface area contributed by atoms with Gasteiger partial charge >= 0.3 is 0 Å². The molecule has 0 aliphatic carbocycles. The highest BCUT2D eigenvalue weighted by atomic mass is 15.4. The summed E-state index contributed by atoms with van der Waals surface area (Å²) in [5, 5.41) is 21.0. The van der Waals surface area contributed by atoms with Gasteiger partial charge in [0.1, 0.15) is 11.4 Å². The van der Waals surface area contributed by atoms with Crippen molar-refractivity contribution in [2.24, 2.45) is 0 Å². The molecular formula is C25H22N6. The molecule has 5 aromatic rings. The highest BCUT2D eigenvalue weighted by Crippen LogP contribution is 2.31. The average Bonchev–Trinajstić information content (AvgIpc) is 3.46. The van der Waals surface area contributed by atoms with Gasteiger partial charge in [0.15, 0.2) is 0 Å². The summed E-state index contributed by atoms with van der Waals surface area (Å²) in [5.74, 6) is 0. The van der Waals surface area contributed by atoms with E-state index in [0.717, 1.165) is 47.5 Å². The molecule has 31 heavy (non-hydrogen) atoms. The van der Waals surface area contributed by atoms with Gasteiger partial charge in [-0.25, -0.2) is 4.68 Å². The second-order valence-corrected chi connectivity index (χ2v) is 8.08. The fraction of sp³-hybridized carbons (Fsp3) is 0.160. The molecule has 0 amide bonds. The number of benzene rings is 3. The standard InChI is InChI=1S/C25H22N6/c1-16-4-2-3-5-21(16)18-7-9-23-22(13-18)25(29-27-23)24-15-31(30-28-24)20-8-6-17-10-11-26-14-19(17)12-20/h2-9,12-13,15,26H,10-11,14H2,1H3,(H,27,29). The van der Waals surface area contributed by atoms with Crippen LogP contribution in [0, 0.1) is 6.92 Å². The average molecular weight is 406 g/mol. The Hall–Kier alpha value is -3.77. The molecule has 0 fully saturated rings. The van der Waals surface area contributed by atoms with Crippen LogP contribution in [0.3, 0.4) is 0 Å². The summed E-state index contributed by atoms with van der Waals surface area (Å²) in [5.41, 5.74) is 9.95. The maximum absolute atomic E-state index is 4.55. The number of nitrogens with one attached hydrogen (secondary N) is 2. The quantitative estimate of drug-likeness (QED) is 0.465. The molecule has 0 saturated heterocycles. The first-order chi connectivity index (χ1) is 15.3. The van der Waals surface area contributed by atoms with Gasteiger partial charge in [-0.05, 0) is 72.0 Å². The Labute approximate surface area is 179 Å². The fourth-order valence-corrected chi connectivity index (χ4v) is 4.38. The third-order valence-electron chi connectivity index (χ3n) is 6.10. The minimum atomic E-state index is 0.754. The lowest BCUT2D eigenvalue weighted by atomic mass is 9.99. The number of H-pyrrole nitrogens is 1. The lowest BCUT2D eigenvalue weighted by Crippen LogP contribution is -2.23. The smallest absolute Gasteiger partial charge is 0.134 e. The molecule has 3 aromatic carbocycles. The van der Waals surface area contributed by atoms with Crippen LogP contribution in [0.2, 0.25) is 0 Å². The number of hydrogen-bond donors (Lipinski definition) is 2. The molecule has 6 nitrogen and oxygen atoms in total. The highest BCUT2D eigenvalue weighted by molar-refractivity contribution is 5.95. The van der Waals surface area contributed by atoms with E-state index in [0.29, 0.717) is 0 Å². The van der Waals surface area contributed by atoms with Crippen molar-refractivity contribution < 1.29 is 0 Å². The number of nitrogens with zero attached hydrogens (tertiary/aromatic N) is 4. The summed E-state index contributed by atoms with van der Waals surface area (Å²) in [7, 11) is 0. The molecular weight excluding hydrogens is 384 g/mol. The molecule has 0 radical (unpaired) electrons. The summed E-state index contributed by atoms with van der Waals surface area (Å²) in [4.78, 5) is 0. The number of hydrogen-bond acceptors (Lipinski definition) is 4. The highest BCUT2D eigenvalue weighted by Gasteiger charge is 2.15. The Morgan fingerprint density at radius 2 is 1.90 bits per heavy atom. The zero-order valence-electron chi connectivity index (χ0n) is 17.3. The number of aromatic amines is 1. The molecule has 1 aliphatic rings. The van der Waals surface area contributed by atoms with Gasteiger partial charge in [-0.15, -0.1) is 5.10 Å². The molecule has 0 saturated carbocycles. The van der Waals surface area contributed by atoms with Crippen molar-refractivity contribution in [1.29, 1.82) is 0 Å². The molecule has 0 atom stereocenters. The van der Waals surface area contributed by atoms with Crippen molar-refractivity contribution in [2.75, 3.05) is 6.54 Å². The van der Waals surface area contributed by atoms with Crippen LogP contribution >= 0.6 is 0 Å². The van der Waals surface area contributed by atoms with E-state index < -0.39 is 0 Å². The predicted molar refractivity (Wildman–Crippen MR) is 122 cm³/mol. The fourth-order valence-electron chi connectivity index (χ4n) is 4.38. The number of aromatic nitrogens is 5. The molecule has 1 aliphatic heterocycles. The zero-order chi connectivity index (χ0) is 20.8. The molecule has 0 bridgehead atoms. The minimum absolute atomic E-state index is 0.754. The van der Waals surface area contributed by atoms with Gasteiger partial charge in [0.2, 0.25) is 0 Å². The predicted octanol–water partition coefficient (Wildman–Crippen LogP) is 4.43. The summed E-state index contributed by atoms with van der Waals surface area (Å²) >= 11 is 0. The van der Waals surface area contributed by atoms with E-state index in [1.165, 1.54) is 27.8 Å². The first-order valence-corrected chi connectivity index (χ1v) is 10.6. The summed E-state index contributed by atoms with van der Waals surface area (Å²) in [6.45, 7) is 4.07. The van der Waals surface area contributed by atoms with Crippen LogP contribution in [0.25, 0.3) is 39.1 Å². The Morgan fingerprint density at radius 1 is 0.968 bits per heavy atom. The van der Waals surface area contributed by atoms with E-state index in [1.807, 2.05) is 10.9 Å². The topological polar surface area (TPSA) is 71.4 Å². The maximum atomic E-state index is 4.55. The third kappa shape index (κ3) is 3.12. The molecule has 6 heteroatoms. The van der Waals surface area contributed by atoms with Gasteiger partial charge in [-0.2, -0.15) is 5.10 Å². The minimum Gasteiger partial charge on any atom is -0.312 e. The third-order valence-corrected chi connectivity index (χ3v) is 6.10. The van der Waals surface area contributed by atoms with Gasteiger partial charge in [0.25, 0.3) is 0 Å². The number of aryl methyl sites for hydroxylation is 1. The van der Waals surface area contributed by atoms with Gasteiger partial charge in [0.05, 0.1) is 17.4 Å². The lowest BCUT2D eigenvalue weighted by molar-refractivity contribution is 0.642. The van der Waals surface area contributed by atoms with Gasteiger partial charge in [-0.1, -0.05) is 41.6 Å². The summed E-state index contributed by atoms with van der Waals surface area (Å²) in [6, 6.07) is 21.3. The Kier molecular flexibility index (Phi) is 4.18. The number of fused-ring (bicyclic) bond motifs is 2. The van der Waals surface area contributed by atoms with Crippen LogP contribution < -0.4 is 5.32 Å². The Bertz CT molecular complexity index is 1410. The van der Waals surface area contributed by atoms with Crippen molar-refractivity contribution in [3.8, 4) is 28.2 Å². The van der Waals surface area contributed by atoms with Crippen molar-refractivity contribution in [3.05, 3.63) is 83.6 Å². The monoisotopic (exact) mass is 406 g/mol. The molecule has 0 unspecified atom stereocenters. The van der Waals surface area contributed by atoms with Crippen molar-refractivity contribution in [2.45, 2.75) is 19.9 Å². The van der Waals surface area contributed by atoms with Crippen LogP contribution in [-0.2, 0) is 13.0 Å². The van der Waals surface area contributed by atoms with E-state index in [2.05, 4.69) is 93.4 Å². The first kappa shape index (κ1) is 18.0. The Morgan fingerprint density at radius 3 is 2.84 bits per heavy atom.